The lowest BCUT2D eigenvalue weighted by Crippen LogP contribution is -2.48. The van der Waals surface area contributed by atoms with Crippen molar-refractivity contribution in [2.24, 2.45) is 0 Å². The second-order valence-electron chi connectivity index (χ2n) is 4.19. The molecule has 0 aliphatic heterocycles. The third kappa shape index (κ3) is 5.11. The van der Waals surface area contributed by atoms with E-state index in [4.69, 9.17) is 0 Å². The standard InChI is InChI=1S/C10H17FN2O4S/c1-18(16,17)12-6-5-9(14)13-8-4-2-3-7(11)10(8)15/h2-3,7-8,10,12,15H,4-6H2,1H3,(H,13,14). The predicted molar refractivity (Wildman–Crippen MR) is 64.1 cm³/mol. The number of carbonyl (C=O) groups excluding carboxylic acids is 1. The Hall–Kier alpha value is -0.990. The first-order chi connectivity index (χ1) is 8.29. The van der Waals surface area contributed by atoms with E-state index in [2.05, 4.69) is 10.0 Å². The molecule has 1 aliphatic rings. The SMILES string of the molecule is CS(=O)(=O)NCCC(=O)NC1CC=CC(F)C1O. The van der Waals surface area contributed by atoms with Gasteiger partial charge in [-0.2, -0.15) is 0 Å². The summed E-state index contributed by atoms with van der Waals surface area (Å²) in [5, 5.41) is 12.0. The lowest BCUT2D eigenvalue weighted by atomic mass is 9.97. The molecule has 1 amide bonds. The second-order valence-corrected chi connectivity index (χ2v) is 6.02. The maximum absolute atomic E-state index is 13.1. The van der Waals surface area contributed by atoms with Gasteiger partial charge in [-0.3, -0.25) is 4.79 Å². The van der Waals surface area contributed by atoms with Gasteiger partial charge in [0, 0.05) is 13.0 Å². The molecule has 18 heavy (non-hydrogen) atoms. The van der Waals surface area contributed by atoms with Crippen LogP contribution >= 0.6 is 0 Å². The van der Waals surface area contributed by atoms with Crippen molar-refractivity contribution in [1.82, 2.24) is 10.0 Å². The van der Waals surface area contributed by atoms with Gasteiger partial charge in [0.2, 0.25) is 15.9 Å². The fourth-order valence-corrected chi connectivity index (χ4v) is 2.08. The molecule has 0 radical (unpaired) electrons. The Kier molecular flexibility index (Phi) is 5.24. The van der Waals surface area contributed by atoms with Crippen LogP contribution in [0.3, 0.4) is 0 Å². The summed E-state index contributed by atoms with van der Waals surface area (Å²) in [5.41, 5.74) is 0. The predicted octanol–water partition coefficient (Wildman–Crippen LogP) is -0.931. The van der Waals surface area contributed by atoms with Gasteiger partial charge < -0.3 is 10.4 Å². The summed E-state index contributed by atoms with van der Waals surface area (Å²) in [6.07, 6.45) is 1.34. The largest absolute Gasteiger partial charge is 0.388 e. The molecule has 0 saturated heterocycles. The van der Waals surface area contributed by atoms with E-state index in [1.807, 2.05) is 0 Å². The molecule has 1 aliphatic carbocycles. The Morgan fingerprint density at radius 1 is 1.56 bits per heavy atom. The zero-order chi connectivity index (χ0) is 13.8. The van der Waals surface area contributed by atoms with Crippen LogP contribution in [-0.2, 0) is 14.8 Å². The number of carbonyl (C=O) groups is 1. The number of hydrogen-bond donors (Lipinski definition) is 3. The third-order valence-electron chi connectivity index (χ3n) is 2.51. The van der Waals surface area contributed by atoms with Crippen LogP contribution in [0.15, 0.2) is 12.2 Å². The van der Waals surface area contributed by atoms with E-state index >= 15 is 0 Å². The molecule has 3 atom stereocenters. The Labute approximate surface area is 105 Å². The van der Waals surface area contributed by atoms with Gasteiger partial charge in [-0.05, 0) is 6.42 Å². The minimum absolute atomic E-state index is 0.0254. The molecule has 1 rings (SSSR count). The molecular weight excluding hydrogens is 263 g/mol. The zero-order valence-electron chi connectivity index (χ0n) is 9.97. The van der Waals surface area contributed by atoms with Crippen molar-refractivity contribution in [2.45, 2.75) is 31.2 Å². The van der Waals surface area contributed by atoms with E-state index in [0.29, 0.717) is 6.42 Å². The number of aliphatic hydroxyl groups excluding tert-OH is 1. The molecule has 8 heteroatoms. The summed E-state index contributed by atoms with van der Waals surface area (Å²) < 4.78 is 36.8. The molecule has 104 valence electrons. The van der Waals surface area contributed by atoms with Crippen LogP contribution in [0, 0.1) is 0 Å². The van der Waals surface area contributed by atoms with Crippen molar-refractivity contribution in [1.29, 1.82) is 0 Å². The lowest BCUT2D eigenvalue weighted by Gasteiger charge is -2.27. The molecule has 0 heterocycles. The minimum atomic E-state index is -3.32. The van der Waals surface area contributed by atoms with Gasteiger partial charge in [0.25, 0.3) is 0 Å². The van der Waals surface area contributed by atoms with Crippen molar-refractivity contribution in [3.05, 3.63) is 12.2 Å². The van der Waals surface area contributed by atoms with Gasteiger partial charge in [0.05, 0.1) is 12.3 Å². The van der Waals surface area contributed by atoms with Crippen LogP contribution in [0.1, 0.15) is 12.8 Å². The van der Waals surface area contributed by atoms with Crippen molar-refractivity contribution < 1.29 is 22.7 Å². The van der Waals surface area contributed by atoms with Crippen LogP contribution in [0.5, 0.6) is 0 Å². The first kappa shape index (κ1) is 15.1. The summed E-state index contributed by atoms with van der Waals surface area (Å²) in [7, 11) is -3.32. The topological polar surface area (TPSA) is 95.5 Å². The van der Waals surface area contributed by atoms with E-state index in [0.717, 1.165) is 6.26 Å². The minimum Gasteiger partial charge on any atom is -0.388 e. The molecule has 0 fully saturated rings. The molecule has 0 saturated carbocycles. The summed E-state index contributed by atoms with van der Waals surface area (Å²) in [5.74, 6) is -0.433. The first-order valence-corrected chi connectivity index (χ1v) is 7.41. The number of aliphatic hydroxyl groups is 1. The molecular formula is C10H17FN2O4S. The third-order valence-corrected chi connectivity index (χ3v) is 3.24. The van der Waals surface area contributed by atoms with E-state index in [1.165, 1.54) is 6.08 Å². The number of rotatable bonds is 5. The smallest absolute Gasteiger partial charge is 0.221 e. The van der Waals surface area contributed by atoms with Gasteiger partial charge in [-0.1, -0.05) is 12.2 Å². The maximum atomic E-state index is 13.1. The molecule has 0 bridgehead atoms. The summed E-state index contributed by atoms with van der Waals surface area (Å²) >= 11 is 0. The van der Waals surface area contributed by atoms with E-state index < -0.39 is 34.2 Å². The number of alkyl halides is 1. The van der Waals surface area contributed by atoms with Crippen molar-refractivity contribution in [3.63, 3.8) is 0 Å². The quantitative estimate of drug-likeness (QED) is 0.567. The van der Waals surface area contributed by atoms with Gasteiger partial charge in [0.1, 0.15) is 12.3 Å². The Morgan fingerprint density at radius 3 is 2.83 bits per heavy atom. The van der Waals surface area contributed by atoms with E-state index in [-0.39, 0.29) is 13.0 Å². The summed E-state index contributed by atoms with van der Waals surface area (Å²) in [6, 6.07) is -0.671. The highest BCUT2D eigenvalue weighted by Gasteiger charge is 2.29. The van der Waals surface area contributed by atoms with Crippen LogP contribution in [0.4, 0.5) is 4.39 Å². The Balaban J connectivity index is 2.34. The van der Waals surface area contributed by atoms with Crippen molar-refractivity contribution >= 4 is 15.9 Å². The number of hydrogen-bond acceptors (Lipinski definition) is 4. The number of amides is 1. The van der Waals surface area contributed by atoms with Gasteiger partial charge in [-0.25, -0.2) is 17.5 Å². The van der Waals surface area contributed by atoms with Crippen LogP contribution in [0.2, 0.25) is 0 Å². The summed E-state index contributed by atoms with van der Waals surface area (Å²) in [4.78, 5) is 11.4. The van der Waals surface area contributed by atoms with E-state index in [9.17, 15) is 22.7 Å². The van der Waals surface area contributed by atoms with E-state index in [1.54, 1.807) is 6.08 Å². The van der Waals surface area contributed by atoms with Crippen molar-refractivity contribution in [3.8, 4) is 0 Å². The normalized spacial score (nSPS) is 28.1. The van der Waals surface area contributed by atoms with Gasteiger partial charge in [0.15, 0.2) is 0 Å². The van der Waals surface area contributed by atoms with Crippen LogP contribution < -0.4 is 10.0 Å². The van der Waals surface area contributed by atoms with Crippen LogP contribution in [0.25, 0.3) is 0 Å². The monoisotopic (exact) mass is 280 g/mol. The number of halogens is 1. The number of nitrogens with one attached hydrogen (secondary N) is 2. The summed E-state index contributed by atoms with van der Waals surface area (Å²) in [6.45, 7) is -0.0254. The molecule has 3 unspecified atom stereocenters. The lowest BCUT2D eigenvalue weighted by molar-refractivity contribution is -0.122. The van der Waals surface area contributed by atoms with Gasteiger partial charge >= 0.3 is 0 Å². The van der Waals surface area contributed by atoms with Crippen LogP contribution in [-0.4, -0.2) is 50.5 Å². The Morgan fingerprint density at radius 2 is 2.22 bits per heavy atom. The van der Waals surface area contributed by atoms with Gasteiger partial charge in [-0.15, -0.1) is 0 Å². The molecule has 0 spiro atoms. The first-order valence-electron chi connectivity index (χ1n) is 5.52. The zero-order valence-corrected chi connectivity index (χ0v) is 10.8. The fourth-order valence-electron chi connectivity index (χ4n) is 1.60. The molecule has 3 N–H and O–H groups in total. The maximum Gasteiger partial charge on any atom is 0.221 e. The Bertz CT molecular complexity index is 424. The molecule has 6 nitrogen and oxygen atoms in total. The number of sulfonamides is 1. The molecule has 0 aromatic heterocycles. The molecule has 0 aromatic carbocycles. The van der Waals surface area contributed by atoms with Crippen molar-refractivity contribution in [2.75, 3.05) is 12.8 Å². The molecule has 0 aromatic rings. The average molecular weight is 280 g/mol. The second kappa shape index (κ2) is 6.26. The highest BCUT2D eigenvalue weighted by atomic mass is 32.2. The highest BCUT2D eigenvalue weighted by Crippen LogP contribution is 2.15. The fraction of sp³-hybridized carbons (Fsp3) is 0.700. The highest BCUT2D eigenvalue weighted by molar-refractivity contribution is 7.88. The average Bonchev–Trinajstić information content (AvgIpc) is 2.23.